The minimum atomic E-state index is 0. The molecule has 2 rings (SSSR count). The third kappa shape index (κ3) is 24.3. The molecule has 1 nitrogen and oxygen atoms in total. The molecule has 0 spiro atoms. The van der Waals surface area contributed by atoms with E-state index in [1.165, 1.54) is 18.4 Å². The van der Waals surface area contributed by atoms with Crippen LogP contribution < -0.4 is 0 Å². The molecule has 0 heterocycles. The summed E-state index contributed by atoms with van der Waals surface area (Å²) in [5.41, 5.74) is 1.47. The maximum absolute atomic E-state index is 7.57. The van der Waals surface area contributed by atoms with E-state index < -0.39 is 0 Å². The van der Waals surface area contributed by atoms with Gasteiger partial charge in [0.25, 0.3) is 0 Å². The molecule has 121 valence electrons. The van der Waals surface area contributed by atoms with E-state index >= 15 is 0 Å². The first-order chi connectivity index (χ1) is 10.3. The van der Waals surface area contributed by atoms with E-state index in [2.05, 4.69) is 26.8 Å². The number of aliphatic hydroxyl groups excluding tert-OH is 1. The number of rotatable bonds is 3. The smallest absolute Gasteiger partial charge is 0.497 e. The molecule has 0 fully saturated rings. The summed E-state index contributed by atoms with van der Waals surface area (Å²) in [6.07, 6.45) is 6.71. The molecule has 0 bridgehead atoms. The molecule has 0 amide bonds. The SMILES string of the molecule is CCO.CC[C-]=C(CC)CC.[Zr+3].c1cc[cH-]c1.c1cc[cH-]c1. The Morgan fingerprint density at radius 3 is 1.23 bits per heavy atom. The van der Waals surface area contributed by atoms with E-state index in [0.717, 1.165) is 6.42 Å². The molecule has 22 heavy (non-hydrogen) atoms. The van der Waals surface area contributed by atoms with Gasteiger partial charge in [0.15, 0.2) is 0 Å². The summed E-state index contributed by atoms with van der Waals surface area (Å²) < 4.78 is 0. The number of hydrogen-bond acceptors (Lipinski definition) is 1. The molecule has 0 aromatic heterocycles. The minimum Gasteiger partial charge on any atom is -0.497 e. The van der Waals surface area contributed by atoms with Crippen LogP contribution in [0.15, 0.2) is 66.2 Å². The third-order valence-corrected chi connectivity index (χ3v) is 2.39. The molecule has 0 saturated carbocycles. The van der Waals surface area contributed by atoms with E-state index in [-0.39, 0.29) is 32.8 Å². The molecule has 2 aromatic carbocycles. The second-order valence-electron chi connectivity index (χ2n) is 4.08. The van der Waals surface area contributed by atoms with Crippen molar-refractivity contribution in [1.82, 2.24) is 0 Å². The average Bonchev–Trinajstić information content (AvgIpc) is 3.23. The molecule has 0 saturated heterocycles. The Morgan fingerprint density at radius 1 is 0.818 bits per heavy atom. The van der Waals surface area contributed by atoms with Crippen LogP contribution in [0.4, 0.5) is 0 Å². The van der Waals surface area contributed by atoms with Crippen LogP contribution in [0.2, 0.25) is 0 Å². The first kappa shape index (κ1) is 26.2. The first-order valence-electron chi connectivity index (χ1n) is 7.79. The molecule has 2 aromatic rings. The van der Waals surface area contributed by atoms with Gasteiger partial charge in [-0.25, -0.2) is 24.3 Å². The van der Waals surface area contributed by atoms with Crippen LogP contribution in [-0.4, -0.2) is 11.7 Å². The van der Waals surface area contributed by atoms with Crippen molar-refractivity contribution in [1.29, 1.82) is 0 Å². The molecule has 2 heteroatoms. The fourth-order valence-electron chi connectivity index (χ4n) is 1.39. The van der Waals surface area contributed by atoms with Crippen LogP contribution >= 0.6 is 0 Å². The standard InChI is InChI=1S/C8H15.2C5H5.C2H6O.Zr/c1-4-7-8(5-2)6-3;2*1-2-4-5-3-1;1-2-3;/h4-6H2,1-3H3;2*1-5H;3H,2H2,1H3;/q3*-1;;+3. The van der Waals surface area contributed by atoms with Crippen LogP contribution in [-0.2, 0) is 26.2 Å². The van der Waals surface area contributed by atoms with Crippen molar-refractivity contribution in [3.63, 3.8) is 0 Å². The number of aliphatic hydroxyl groups is 1. The largest absolute Gasteiger partial charge is 3.00 e. The monoisotopic (exact) mass is 377 g/mol. The number of hydrogen-bond donors (Lipinski definition) is 1. The summed E-state index contributed by atoms with van der Waals surface area (Å²) in [5.74, 6) is 0. The maximum atomic E-state index is 7.57. The fraction of sp³-hybridized carbons (Fsp3) is 0.400. The Morgan fingerprint density at radius 2 is 1.14 bits per heavy atom. The summed E-state index contributed by atoms with van der Waals surface area (Å²) >= 11 is 0. The molecule has 0 aliphatic heterocycles. The summed E-state index contributed by atoms with van der Waals surface area (Å²) in [7, 11) is 0. The first-order valence-corrected chi connectivity index (χ1v) is 7.79. The van der Waals surface area contributed by atoms with Crippen molar-refractivity contribution in [2.24, 2.45) is 0 Å². The van der Waals surface area contributed by atoms with Crippen LogP contribution in [0.5, 0.6) is 0 Å². The Kier molecular flexibility index (Phi) is 30.1. The van der Waals surface area contributed by atoms with E-state index in [1.54, 1.807) is 6.92 Å². The second kappa shape index (κ2) is 25.2. The Balaban J connectivity index is -0.000000227. The van der Waals surface area contributed by atoms with Crippen molar-refractivity contribution in [3.8, 4) is 0 Å². The second-order valence-corrected chi connectivity index (χ2v) is 4.08. The van der Waals surface area contributed by atoms with Gasteiger partial charge in [-0.2, -0.15) is 42.8 Å². The van der Waals surface area contributed by atoms with Crippen LogP contribution in [0.3, 0.4) is 0 Å². The topological polar surface area (TPSA) is 20.2 Å². The molecule has 0 aliphatic carbocycles. The van der Waals surface area contributed by atoms with E-state index in [9.17, 15) is 0 Å². The van der Waals surface area contributed by atoms with Gasteiger partial charge in [-0.05, 0) is 6.92 Å². The Hall–Kier alpha value is -0.717. The molecule has 1 N–H and O–H groups in total. The normalized spacial score (nSPS) is 7.68. The zero-order chi connectivity index (χ0) is 16.2. The Labute approximate surface area is 156 Å². The van der Waals surface area contributed by atoms with Gasteiger partial charge in [-0.15, -0.1) is 0 Å². The quantitative estimate of drug-likeness (QED) is 0.674. The van der Waals surface area contributed by atoms with Gasteiger partial charge in [0.1, 0.15) is 0 Å². The van der Waals surface area contributed by atoms with Gasteiger partial charge < -0.3 is 11.2 Å². The molecule has 1 radical (unpaired) electrons. The predicted molar refractivity (Wildman–Crippen MR) is 94.5 cm³/mol. The van der Waals surface area contributed by atoms with Gasteiger partial charge >= 0.3 is 26.2 Å². The van der Waals surface area contributed by atoms with Crippen molar-refractivity contribution in [2.45, 2.75) is 47.0 Å². The van der Waals surface area contributed by atoms with Crippen molar-refractivity contribution < 1.29 is 31.3 Å². The Bertz CT molecular complexity index is 294. The molecule has 0 atom stereocenters. The molecule has 0 aliphatic rings. The summed E-state index contributed by atoms with van der Waals surface area (Å²) in [5, 5.41) is 7.57. The van der Waals surface area contributed by atoms with Gasteiger partial charge in [-0.1, -0.05) is 33.6 Å². The van der Waals surface area contributed by atoms with E-state index in [1.807, 2.05) is 60.7 Å². The predicted octanol–water partition coefficient (Wildman–Crippen LogP) is 5.75. The minimum absolute atomic E-state index is 0. The van der Waals surface area contributed by atoms with Gasteiger partial charge in [-0.3, -0.25) is 5.57 Å². The zero-order valence-electron chi connectivity index (χ0n) is 14.5. The zero-order valence-corrected chi connectivity index (χ0v) is 17.0. The molecular weight excluding hydrogens is 347 g/mol. The summed E-state index contributed by atoms with van der Waals surface area (Å²) in [6.45, 7) is 8.42. The van der Waals surface area contributed by atoms with E-state index in [4.69, 9.17) is 5.11 Å². The van der Waals surface area contributed by atoms with Crippen LogP contribution in [0, 0.1) is 6.08 Å². The summed E-state index contributed by atoms with van der Waals surface area (Å²) in [6, 6.07) is 20.0. The van der Waals surface area contributed by atoms with Gasteiger partial charge in [0.05, 0.1) is 0 Å². The van der Waals surface area contributed by atoms with Crippen LogP contribution in [0.25, 0.3) is 0 Å². The van der Waals surface area contributed by atoms with Crippen molar-refractivity contribution in [2.75, 3.05) is 6.61 Å². The van der Waals surface area contributed by atoms with Gasteiger partial charge in [0.2, 0.25) is 0 Å². The molecular formula is C20H31OZr. The fourth-order valence-corrected chi connectivity index (χ4v) is 1.39. The van der Waals surface area contributed by atoms with Crippen LogP contribution in [0.1, 0.15) is 47.0 Å². The average molecular weight is 379 g/mol. The molecule has 0 unspecified atom stereocenters. The maximum Gasteiger partial charge on any atom is 3.00 e. The number of allylic oxidation sites excluding steroid dienone is 2. The third-order valence-electron chi connectivity index (χ3n) is 2.39. The van der Waals surface area contributed by atoms with Gasteiger partial charge in [0, 0.05) is 6.61 Å². The summed E-state index contributed by atoms with van der Waals surface area (Å²) in [4.78, 5) is 0. The van der Waals surface area contributed by atoms with Crippen molar-refractivity contribution >= 4 is 0 Å². The van der Waals surface area contributed by atoms with E-state index in [0.29, 0.717) is 0 Å². The van der Waals surface area contributed by atoms with Crippen molar-refractivity contribution in [3.05, 3.63) is 72.3 Å².